The third kappa shape index (κ3) is 2.54. The Morgan fingerprint density at radius 1 is 1.28 bits per heavy atom. The molecule has 1 aliphatic heterocycles. The largest absolute Gasteiger partial charge is 0.329 e. The van der Waals surface area contributed by atoms with Crippen molar-refractivity contribution in [2.75, 3.05) is 13.1 Å². The highest BCUT2D eigenvalue weighted by atomic mass is 19.1. The zero-order valence-corrected chi connectivity index (χ0v) is 10.9. The Balaban J connectivity index is 2.33. The molecule has 1 atom stereocenters. The van der Waals surface area contributed by atoms with Gasteiger partial charge in [-0.05, 0) is 50.9 Å². The van der Waals surface area contributed by atoms with Gasteiger partial charge in [-0.15, -0.1) is 0 Å². The van der Waals surface area contributed by atoms with Crippen LogP contribution in [0.2, 0.25) is 0 Å². The van der Waals surface area contributed by atoms with Crippen LogP contribution < -0.4 is 5.73 Å². The smallest absolute Gasteiger partial charge is 0.126 e. The van der Waals surface area contributed by atoms with E-state index in [1.807, 2.05) is 0 Å². The number of likely N-dealkylation sites (tertiary alicyclic amines) is 1. The number of hydrogen-bond acceptors (Lipinski definition) is 2. The number of nitrogens with two attached hydrogens (primary N) is 1. The number of benzene rings is 1. The standard InChI is InChI=1S/C14H20F2N2/c1-14(2)4-3-5-18(14)13(9-17)10-6-11(15)8-12(16)7-10/h6-8,13H,3-5,9,17H2,1-2H3. The average Bonchev–Trinajstić information content (AvgIpc) is 2.59. The molecule has 100 valence electrons. The van der Waals surface area contributed by atoms with Crippen molar-refractivity contribution in [3.63, 3.8) is 0 Å². The second-order valence-electron chi connectivity index (χ2n) is 5.56. The maximum atomic E-state index is 13.3. The lowest BCUT2D eigenvalue weighted by molar-refractivity contribution is 0.118. The summed E-state index contributed by atoms with van der Waals surface area (Å²) in [5.41, 5.74) is 6.48. The van der Waals surface area contributed by atoms with Crippen molar-refractivity contribution in [2.45, 2.75) is 38.3 Å². The Labute approximate surface area is 107 Å². The third-order valence-electron chi connectivity index (χ3n) is 3.83. The molecule has 1 unspecified atom stereocenters. The topological polar surface area (TPSA) is 29.3 Å². The first-order valence-corrected chi connectivity index (χ1v) is 6.37. The molecule has 1 aliphatic rings. The molecule has 0 amide bonds. The number of hydrogen-bond donors (Lipinski definition) is 1. The molecule has 2 N–H and O–H groups in total. The molecule has 0 bridgehead atoms. The summed E-state index contributed by atoms with van der Waals surface area (Å²) in [4.78, 5) is 2.25. The van der Waals surface area contributed by atoms with Crippen LogP contribution in [0.3, 0.4) is 0 Å². The highest BCUT2D eigenvalue weighted by Crippen LogP contribution is 2.36. The van der Waals surface area contributed by atoms with Gasteiger partial charge in [0.05, 0.1) is 0 Å². The maximum absolute atomic E-state index is 13.3. The first-order valence-electron chi connectivity index (χ1n) is 6.37. The van der Waals surface area contributed by atoms with Crippen LogP contribution in [0.5, 0.6) is 0 Å². The maximum Gasteiger partial charge on any atom is 0.126 e. The highest BCUT2D eigenvalue weighted by Gasteiger charge is 2.36. The Kier molecular flexibility index (Phi) is 3.69. The van der Waals surface area contributed by atoms with Crippen molar-refractivity contribution in [1.29, 1.82) is 0 Å². The van der Waals surface area contributed by atoms with Crippen LogP contribution in [0.25, 0.3) is 0 Å². The van der Waals surface area contributed by atoms with Crippen LogP contribution in [-0.4, -0.2) is 23.5 Å². The van der Waals surface area contributed by atoms with Crippen molar-refractivity contribution >= 4 is 0 Å². The first-order chi connectivity index (χ1) is 8.44. The van der Waals surface area contributed by atoms with Gasteiger partial charge in [0.25, 0.3) is 0 Å². The summed E-state index contributed by atoms with van der Waals surface area (Å²) in [6, 6.07) is 3.55. The zero-order chi connectivity index (χ0) is 13.3. The molecule has 0 saturated carbocycles. The highest BCUT2D eigenvalue weighted by molar-refractivity contribution is 5.23. The summed E-state index contributed by atoms with van der Waals surface area (Å²) in [5, 5.41) is 0. The van der Waals surface area contributed by atoms with Crippen molar-refractivity contribution in [2.24, 2.45) is 5.73 Å². The molecule has 1 aromatic rings. The van der Waals surface area contributed by atoms with Gasteiger partial charge < -0.3 is 5.73 Å². The second-order valence-corrected chi connectivity index (χ2v) is 5.56. The Hall–Kier alpha value is -1.00. The van der Waals surface area contributed by atoms with E-state index in [2.05, 4.69) is 18.7 Å². The molecule has 0 spiro atoms. The predicted molar refractivity (Wildman–Crippen MR) is 68.2 cm³/mol. The van der Waals surface area contributed by atoms with Gasteiger partial charge >= 0.3 is 0 Å². The lowest BCUT2D eigenvalue weighted by Crippen LogP contribution is -2.43. The van der Waals surface area contributed by atoms with Gasteiger partial charge in [-0.1, -0.05) is 0 Å². The van der Waals surface area contributed by atoms with E-state index < -0.39 is 11.6 Å². The van der Waals surface area contributed by atoms with Crippen molar-refractivity contribution in [3.05, 3.63) is 35.4 Å². The van der Waals surface area contributed by atoms with Gasteiger partial charge in [0, 0.05) is 24.2 Å². The minimum Gasteiger partial charge on any atom is -0.329 e. The van der Waals surface area contributed by atoms with Crippen LogP contribution in [0.15, 0.2) is 18.2 Å². The molecule has 4 heteroatoms. The van der Waals surface area contributed by atoms with E-state index in [4.69, 9.17) is 5.73 Å². The Morgan fingerprint density at radius 3 is 2.33 bits per heavy atom. The van der Waals surface area contributed by atoms with Gasteiger partial charge in [-0.2, -0.15) is 0 Å². The minimum atomic E-state index is -0.541. The van der Waals surface area contributed by atoms with E-state index in [1.54, 1.807) is 0 Å². The summed E-state index contributed by atoms with van der Waals surface area (Å²) < 4.78 is 26.6. The summed E-state index contributed by atoms with van der Waals surface area (Å²) in [6.07, 6.45) is 2.18. The number of nitrogens with zero attached hydrogens (tertiary/aromatic N) is 1. The van der Waals surface area contributed by atoms with Gasteiger partial charge in [0.15, 0.2) is 0 Å². The molecule has 0 radical (unpaired) electrons. The van der Waals surface area contributed by atoms with E-state index in [-0.39, 0.29) is 11.6 Å². The van der Waals surface area contributed by atoms with Crippen LogP contribution in [0.1, 0.15) is 38.3 Å². The molecule has 1 saturated heterocycles. The molecular formula is C14H20F2N2. The average molecular weight is 254 g/mol. The van der Waals surface area contributed by atoms with E-state index in [0.717, 1.165) is 25.5 Å². The van der Waals surface area contributed by atoms with Crippen molar-refractivity contribution in [3.8, 4) is 0 Å². The summed E-state index contributed by atoms with van der Waals surface area (Å²) in [7, 11) is 0. The minimum absolute atomic E-state index is 0.0346. The second kappa shape index (κ2) is 4.94. The molecule has 2 nitrogen and oxygen atoms in total. The van der Waals surface area contributed by atoms with Crippen molar-refractivity contribution in [1.82, 2.24) is 4.90 Å². The lowest BCUT2D eigenvalue weighted by Gasteiger charge is -2.38. The van der Waals surface area contributed by atoms with E-state index >= 15 is 0 Å². The Bertz CT molecular complexity index is 412. The zero-order valence-electron chi connectivity index (χ0n) is 10.9. The monoisotopic (exact) mass is 254 g/mol. The SMILES string of the molecule is CC1(C)CCCN1C(CN)c1cc(F)cc(F)c1. The third-order valence-corrected chi connectivity index (χ3v) is 3.83. The fourth-order valence-corrected chi connectivity index (χ4v) is 2.92. The fourth-order valence-electron chi connectivity index (χ4n) is 2.92. The van der Waals surface area contributed by atoms with Crippen LogP contribution in [0.4, 0.5) is 8.78 Å². The summed E-state index contributed by atoms with van der Waals surface area (Å²) in [5.74, 6) is -1.08. The summed E-state index contributed by atoms with van der Waals surface area (Å²) >= 11 is 0. The van der Waals surface area contributed by atoms with Gasteiger partial charge in [-0.25, -0.2) is 8.78 Å². The predicted octanol–water partition coefficient (Wildman–Crippen LogP) is 2.84. The van der Waals surface area contributed by atoms with E-state index in [1.165, 1.54) is 12.1 Å². The molecule has 1 aromatic carbocycles. The number of rotatable bonds is 3. The molecular weight excluding hydrogens is 234 g/mol. The van der Waals surface area contributed by atoms with Crippen LogP contribution in [0, 0.1) is 11.6 Å². The molecule has 18 heavy (non-hydrogen) atoms. The van der Waals surface area contributed by atoms with E-state index in [0.29, 0.717) is 12.1 Å². The van der Waals surface area contributed by atoms with Crippen LogP contribution >= 0.6 is 0 Å². The van der Waals surface area contributed by atoms with E-state index in [9.17, 15) is 8.78 Å². The fraction of sp³-hybridized carbons (Fsp3) is 0.571. The van der Waals surface area contributed by atoms with Gasteiger partial charge in [-0.3, -0.25) is 4.90 Å². The first kappa shape index (κ1) is 13.4. The molecule has 0 aliphatic carbocycles. The normalized spacial score (nSPS) is 21.2. The molecule has 0 aromatic heterocycles. The number of halogens is 2. The van der Waals surface area contributed by atoms with Gasteiger partial charge in [0.1, 0.15) is 11.6 Å². The molecule has 2 rings (SSSR count). The van der Waals surface area contributed by atoms with Gasteiger partial charge in [0.2, 0.25) is 0 Å². The molecule has 1 fully saturated rings. The Morgan fingerprint density at radius 2 is 1.89 bits per heavy atom. The summed E-state index contributed by atoms with van der Waals surface area (Å²) in [6.45, 7) is 5.59. The van der Waals surface area contributed by atoms with Crippen molar-refractivity contribution < 1.29 is 8.78 Å². The molecule has 1 heterocycles. The lowest BCUT2D eigenvalue weighted by atomic mass is 9.97. The quantitative estimate of drug-likeness (QED) is 0.898. The van der Waals surface area contributed by atoms with Crippen LogP contribution in [-0.2, 0) is 0 Å².